The zero-order valence-electron chi connectivity index (χ0n) is 15.2. The maximum atomic E-state index is 12.9. The number of halogens is 1. The predicted octanol–water partition coefficient (Wildman–Crippen LogP) is 2.65. The summed E-state index contributed by atoms with van der Waals surface area (Å²) in [5, 5.41) is 4.39. The Balaban J connectivity index is 1.70. The number of benzene rings is 2. The van der Waals surface area contributed by atoms with Crippen LogP contribution in [0.2, 0.25) is 5.02 Å². The highest BCUT2D eigenvalue weighted by Gasteiger charge is 2.39. The van der Waals surface area contributed by atoms with Crippen LogP contribution in [0.15, 0.2) is 58.5 Å². The number of hydrogen-bond acceptors (Lipinski definition) is 5. The fourth-order valence-electron chi connectivity index (χ4n) is 3.00. The molecule has 1 saturated heterocycles. The molecule has 0 aromatic heterocycles. The summed E-state index contributed by atoms with van der Waals surface area (Å²) in [4.78, 5) is 12.6. The summed E-state index contributed by atoms with van der Waals surface area (Å²) in [6, 6.07) is 12.3. The van der Waals surface area contributed by atoms with Crippen molar-refractivity contribution in [1.82, 2.24) is 9.73 Å². The van der Waals surface area contributed by atoms with Gasteiger partial charge >= 0.3 is 0 Å². The Hall–Kier alpha value is -2.42. The lowest BCUT2D eigenvalue weighted by Crippen LogP contribution is -2.44. The number of ether oxygens (including phenoxy) is 1. The van der Waals surface area contributed by atoms with Gasteiger partial charge in [0, 0.05) is 11.6 Å². The second-order valence-corrected chi connectivity index (χ2v) is 8.57. The molecule has 0 bridgehead atoms. The van der Waals surface area contributed by atoms with Crippen LogP contribution in [0.25, 0.3) is 0 Å². The number of nitrogens with one attached hydrogen (secondary N) is 1. The Morgan fingerprint density at radius 1 is 1.29 bits per heavy atom. The molecule has 1 atom stereocenters. The smallest absolute Gasteiger partial charge is 0.258 e. The van der Waals surface area contributed by atoms with Crippen molar-refractivity contribution < 1.29 is 17.9 Å². The van der Waals surface area contributed by atoms with Crippen molar-refractivity contribution in [1.29, 1.82) is 0 Å². The number of sulfonamides is 1. The maximum Gasteiger partial charge on any atom is 0.258 e. The van der Waals surface area contributed by atoms with Crippen LogP contribution in [0.3, 0.4) is 0 Å². The third-order valence-corrected chi connectivity index (χ3v) is 6.58. The molecule has 148 valence electrons. The number of amides is 1. The van der Waals surface area contributed by atoms with Crippen molar-refractivity contribution in [3.05, 3.63) is 59.1 Å². The Morgan fingerprint density at radius 3 is 2.75 bits per heavy atom. The number of nitrogens with zero attached hydrogens (tertiary/aromatic N) is 2. The third kappa shape index (κ3) is 4.52. The van der Waals surface area contributed by atoms with E-state index in [2.05, 4.69) is 10.5 Å². The summed E-state index contributed by atoms with van der Waals surface area (Å²) in [5.41, 5.74) is 3.18. The van der Waals surface area contributed by atoms with Crippen molar-refractivity contribution >= 4 is 33.7 Å². The van der Waals surface area contributed by atoms with Crippen molar-refractivity contribution in [2.45, 2.75) is 23.8 Å². The van der Waals surface area contributed by atoms with Crippen LogP contribution in [-0.4, -0.2) is 44.5 Å². The molecule has 7 nitrogen and oxygen atoms in total. The molecule has 2 aromatic carbocycles. The normalized spacial score (nSPS) is 17.7. The molecule has 0 saturated carbocycles. The quantitative estimate of drug-likeness (QED) is 0.573. The standard InChI is InChI=1S/C19H20ClN3O4S/c1-27-16-5-2-4-14(12-16)13-21-22-19(24)18-6-3-11-23(18)28(25,26)17-9-7-15(20)8-10-17/h2,4-5,7-10,12-13,18H,3,6,11H2,1H3,(H,22,24)/b21-13-/t18-/m0/s1. The first-order valence-electron chi connectivity index (χ1n) is 8.66. The van der Waals surface area contributed by atoms with Gasteiger partial charge in [0.05, 0.1) is 18.2 Å². The Bertz CT molecular complexity index is 977. The lowest BCUT2D eigenvalue weighted by atomic mass is 10.2. The third-order valence-electron chi connectivity index (χ3n) is 4.41. The molecule has 2 aromatic rings. The molecular formula is C19H20ClN3O4S. The number of carbonyl (C=O) groups excluding carboxylic acids is 1. The van der Waals surface area contributed by atoms with Gasteiger partial charge in [0.25, 0.3) is 5.91 Å². The monoisotopic (exact) mass is 421 g/mol. The lowest BCUT2D eigenvalue weighted by Gasteiger charge is -2.22. The van der Waals surface area contributed by atoms with E-state index in [-0.39, 0.29) is 11.4 Å². The number of rotatable bonds is 6. The Labute approximate surface area is 169 Å². The van der Waals surface area contributed by atoms with Gasteiger partial charge in [-0.2, -0.15) is 9.41 Å². The summed E-state index contributed by atoms with van der Waals surface area (Å²) < 4.78 is 32.1. The van der Waals surface area contributed by atoms with Gasteiger partial charge in [-0.05, 0) is 54.8 Å². The second kappa shape index (κ2) is 8.72. The van der Waals surface area contributed by atoms with E-state index >= 15 is 0 Å². The first kappa shape index (κ1) is 20.3. The zero-order valence-corrected chi connectivity index (χ0v) is 16.8. The Morgan fingerprint density at radius 2 is 2.04 bits per heavy atom. The minimum atomic E-state index is -3.79. The minimum Gasteiger partial charge on any atom is -0.497 e. The molecule has 3 rings (SSSR count). The molecule has 1 aliphatic rings. The fourth-order valence-corrected chi connectivity index (χ4v) is 4.78. The Kier molecular flexibility index (Phi) is 6.33. The molecule has 1 N–H and O–H groups in total. The molecule has 1 heterocycles. The second-order valence-electron chi connectivity index (χ2n) is 6.24. The van der Waals surface area contributed by atoms with Crippen LogP contribution >= 0.6 is 11.6 Å². The minimum absolute atomic E-state index is 0.108. The molecule has 0 unspecified atom stereocenters. The SMILES string of the molecule is COc1cccc(/C=N\NC(=O)[C@@H]2CCCN2S(=O)(=O)c2ccc(Cl)cc2)c1. The summed E-state index contributed by atoms with van der Waals surface area (Å²) in [6.07, 6.45) is 2.52. The molecule has 1 fully saturated rings. The van der Waals surface area contributed by atoms with E-state index in [1.165, 1.54) is 34.8 Å². The van der Waals surface area contributed by atoms with Crippen LogP contribution in [0.4, 0.5) is 0 Å². The lowest BCUT2D eigenvalue weighted by molar-refractivity contribution is -0.124. The maximum absolute atomic E-state index is 12.9. The van der Waals surface area contributed by atoms with E-state index in [0.717, 1.165) is 5.56 Å². The van der Waals surface area contributed by atoms with Gasteiger partial charge in [-0.1, -0.05) is 23.7 Å². The molecule has 0 aliphatic carbocycles. The first-order valence-corrected chi connectivity index (χ1v) is 10.5. The van der Waals surface area contributed by atoms with Gasteiger partial charge in [0.1, 0.15) is 11.8 Å². The van der Waals surface area contributed by atoms with Crippen LogP contribution < -0.4 is 10.2 Å². The zero-order chi connectivity index (χ0) is 20.1. The molecule has 0 radical (unpaired) electrons. The molecule has 1 amide bonds. The largest absolute Gasteiger partial charge is 0.497 e. The summed E-state index contributed by atoms with van der Waals surface area (Å²) in [6.45, 7) is 0.280. The average Bonchev–Trinajstić information content (AvgIpc) is 3.19. The van der Waals surface area contributed by atoms with Crippen molar-refractivity contribution in [2.75, 3.05) is 13.7 Å². The number of hydrogen-bond donors (Lipinski definition) is 1. The van der Waals surface area contributed by atoms with Gasteiger partial charge in [-0.15, -0.1) is 0 Å². The summed E-state index contributed by atoms with van der Waals surface area (Å²) in [7, 11) is -2.23. The molecule has 0 spiro atoms. The van der Waals surface area contributed by atoms with Crippen LogP contribution in [0.1, 0.15) is 18.4 Å². The van der Waals surface area contributed by atoms with E-state index in [1.807, 2.05) is 6.07 Å². The van der Waals surface area contributed by atoms with E-state index in [9.17, 15) is 13.2 Å². The number of carbonyl (C=O) groups is 1. The van der Waals surface area contributed by atoms with E-state index in [1.54, 1.807) is 25.3 Å². The van der Waals surface area contributed by atoms with E-state index in [0.29, 0.717) is 23.6 Å². The van der Waals surface area contributed by atoms with Gasteiger partial charge in [0.15, 0.2) is 0 Å². The van der Waals surface area contributed by atoms with Crippen molar-refractivity contribution in [2.24, 2.45) is 5.10 Å². The van der Waals surface area contributed by atoms with E-state index in [4.69, 9.17) is 16.3 Å². The fraction of sp³-hybridized carbons (Fsp3) is 0.263. The number of hydrazone groups is 1. The van der Waals surface area contributed by atoms with Crippen LogP contribution in [-0.2, 0) is 14.8 Å². The van der Waals surface area contributed by atoms with Gasteiger partial charge in [-0.3, -0.25) is 4.79 Å². The predicted molar refractivity (Wildman–Crippen MR) is 107 cm³/mol. The molecule has 9 heteroatoms. The van der Waals surface area contributed by atoms with Crippen LogP contribution in [0.5, 0.6) is 5.75 Å². The molecule has 1 aliphatic heterocycles. The highest BCUT2D eigenvalue weighted by atomic mass is 35.5. The molecular weight excluding hydrogens is 402 g/mol. The van der Waals surface area contributed by atoms with E-state index < -0.39 is 22.0 Å². The number of methoxy groups -OCH3 is 1. The van der Waals surface area contributed by atoms with Crippen molar-refractivity contribution in [3.63, 3.8) is 0 Å². The topological polar surface area (TPSA) is 88.1 Å². The molecule has 28 heavy (non-hydrogen) atoms. The van der Waals surface area contributed by atoms with Crippen LogP contribution in [0, 0.1) is 0 Å². The van der Waals surface area contributed by atoms with Gasteiger partial charge in [-0.25, -0.2) is 13.8 Å². The first-order chi connectivity index (χ1) is 13.4. The average molecular weight is 422 g/mol. The van der Waals surface area contributed by atoms with Crippen molar-refractivity contribution in [3.8, 4) is 5.75 Å². The summed E-state index contributed by atoms with van der Waals surface area (Å²) in [5.74, 6) is 0.209. The highest BCUT2D eigenvalue weighted by molar-refractivity contribution is 7.89. The van der Waals surface area contributed by atoms with Gasteiger partial charge < -0.3 is 4.74 Å². The summed E-state index contributed by atoms with van der Waals surface area (Å²) >= 11 is 5.83. The van der Waals surface area contributed by atoms with Gasteiger partial charge in [0.2, 0.25) is 10.0 Å². The highest BCUT2D eigenvalue weighted by Crippen LogP contribution is 2.27.